The lowest BCUT2D eigenvalue weighted by atomic mass is 10.0. The maximum Gasteiger partial charge on any atom is 0.150 e. The van der Waals surface area contributed by atoms with Crippen LogP contribution in [0.2, 0.25) is 0 Å². The van der Waals surface area contributed by atoms with Crippen LogP contribution in [0, 0.1) is 0 Å². The Kier molecular flexibility index (Phi) is 13.9. The van der Waals surface area contributed by atoms with Crippen LogP contribution < -0.4 is 14.4 Å². The SMILES string of the molecule is CCCCCCOc1ccc(-c2ccc(N(c3ccc(-c4ccc(OCCCCCC)cc4)cc3)c3ccc(-c4ccc(-c5cc6ccc(C=O)cc6o5)cc4)cc3)cc2)cc1. The first-order valence-corrected chi connectivity index (χ1v) is 22.2. The van der Waals surface area contributed by atoms with Crippen LogP contribution in [0.5, 0.6) is 11.5 Å². The summed E-state index contributed by atoms with van der Waals surface area (Å²) in [5, 5.41) is 0.972. The van der Waals surface area contributed by atoms with E-state index >= 15 is 0 Å². The van der Waals surface area contributed by atoms with Gasteiger partial charge in [-0.25, -0.2) is 0 Å². The van der Waals surface area contributed by atoms with Gasteiger partial charge in [0.2, 0.25) is 0 Å². The maximum absolute atomic E-state index is 11.3. The van der Waals surface area contributed by atoms with Crippen molar-refractivity contribution in [1.29, 1.82) is 0 Å². The van der Waals surface area contributed by atoms with Gasteiger partial charge in [-0.05, 0) is 119 Å². The van der Waals surface area contributed by atoms with Crippen LogP contribution in [0.25, 0.3) is 55.7 Å². The number of hydrogen-bond donors (Lipinski definition) is 0. The van der Waals surface area contributed by atoms with Crippen molar-refractivity contribution in [3.8, 4) is 56.2 Å². The lowest BCUT2D eigenvalue weighted by Crippen LogP contribution is -2.09. The molecule has 0 spiro atoms. The third kappa shape index (κ3) is 10.4. The Morgan fingerprint density at radius 3 is 1.23 bits per heavy atom. The molecule has 0 atom stereocenters. The molecular weight excluding hydrogens is 763 g/mol. The van der Waals surface area contributed by atoms with E-state index in [9.17, 15) is 4.79 Å². The summed E-state index contributed by atoms with van der Waals surface area (Å²) in [5.74, 6) is 2.61. The Morgan fingerprint density at radius 1 is 0.435 bits per heavy atom. The van der Waals surface area contributed by atoms with E-state index in [1.54, 1.807) is 6.07 Å². The fourth-order valence-electron chi connectivity index (χ4n) is 7.87. The van der Waals surface area contributed by atoms with Gasteiger partial charge in [0.25, 0.3) is 0 Å². The van der Waals surface area contributed by atoms with E-state index in [4.69, 9.17) is 13.9 Å². The first-order chi connectivity index (χ1) is 30.6. The van der Waals surface area contributed by atoms with Crippen molar-refractivity contribution in [3.63, 3.8) is 0 Å². The summed E-state index contributed by atoms with van der Waals surface area (Å²) >= 11 is 0. The van der Waals surface area contributed by atoms with Crippen molar-refractivity contribution in [2.45, 2.75) is 65.2 Å². The standard InChI is InChI=1S/C57H55NO4/c1-3-5-7-9-37-60-54-33-23-47(24-34-54)45-19-29-52(30-20-45)58(53-31-21-46(22-32-53)48-25-35-55(36-26-48)61-38-10-8-6-4-2)51-27-17-44(18-28-51)43-13-15-49(16-14-43)57-40-50-12-11-42(41-59)39-56(50)62-57/h11-36,39-41H,3-10,37-38H2,1-2H3. The number of rotatable bonds is 20. The lowest BCUT2D eigenvalue weighted by molar-refractivity contribution is 0.112. The van der Waals surface area contributed by atoms with Crippen LogP contribution in [0.15, 0.2) is 174 Å². The largest absolute Gasteiger partial charge is 0.494 e. The van der Waals surface area contributed by atoms with E-state index in [-0.39, 0.29) is 0 Å². The van der Waals surface area contributed by atoms with Crippen molar-refractivity contribution >= 4 is 34.3 Å². The maximum atomic E-state index is 11.3. The highest BCUT2D eigenvalue weighted by Crippen LogP contribution is 2.38. The molecule has 5 nitrogen and oxygen atoms in total. The minimum atomic E-state index is 0.602. The van der Waals surface area contributed by atoms with Crippen molar-refractivity contribution < 1.29 is 18.7 Å². The number of fused-ring (bicyclic) bond motifs is 1. The number of benzene rings is 7. The van der Waals surface area contributed by atoms with Crippen LogP contribution in [0.1, 0.15) is 75.6 Å². The number of carbonyl (C=O) groups is 1. The molecule has 0 unspecified atom stereocenters. The summed E-state index contributed by atoms with van der Waals surface area (Å²) in [4.78, 5) is 13.6. The summed E-state index contributed by atoms with van der Waals surface area (Å²) in [6.07, 6.45) is 10.4. The molecule has 1 heterocycles. The number of carbonyl (C=O) groups excluding carboxylic acids is 1. The number of nitrogens with zero attached hydrogens (tertiary/aromatic N) is 1. The summed E-state index contributed by atoms with van der Waals surface area (Å²) in [6.45, 7) is 5.97. The zero-order valence-electron chi connectivity index (χ0n) is 35.9. The molecule has 0 radical (unpaired) electrons. The Morgan fingerprint density at radius 2 is 0.823 bits per heavy atom. The van der Waals surface area contributed by atoms with Gasteiger partial charge >= 0.3 is 0 Å². The van der Waals surface area contributed by atoms with Gasteiger partial charge in [-0.3, -0.25) is 4.79 Å². The molecule has 0 bridgehead atoms. The predicted octanol–water partition coefficient (Wildman–Crippen LogP) is 16.3. The summed E-state index contributed by atoms with van der Waals surface area (Å²) in [6, 6.07) is 59.2. The molecule has 1 aromatic heterocycles. The molecule has 0 aliphatic heterocycles. The van der Waals surface area contributed by atoms with E-state index in [0.29, 0.717) is 11.1 Å². The van der Waals surface area contributed by atoms with Crippen molar-refractivity contribution in [3.05, 3.63) is 175 Å². The first kappa shape index (κ1) is 41.9. The molecule has 0 saturated heterocycles. The normalized spacial score (nSPS) is 11.1. The number of aldehydes is 1. The number of furan rings is 1. The van der Waals surface area contributed by atoms with Gasteiger partial charge in [-0.15, -0.1) is 0 Å². The second kappa shape index (κ2) is 20.6. The smallest absolute Gasteiger partial charge is 0.150 e. The van der Waals surface area contributed by atoms with E-state index in [0.717, 1.165) is 111 Å². The van der Waals surface area contributed by atoms with Gasteiger partial charge in [0.1, 0.15) is 29.1 Å². The van der Waals surface area contributed by atoms with Crippen LogP contribution in [-0.2, 0) is 0 Å². The first-order valence-electron chi connectivity index (χ1n) is 22.2. The Balaban J connectivity index is 1.02. The Labute approximate surface area is 366 Å². The molecule has 0 aliphatic rings. The minimum absolute atomic E-state index is 0.602. The molecule has 7 aromatic carbocycles. The fraction of sp³-hybridized carbons (Fsp3) is 0.211. The molecule has 8 rings (SSSR count). The van der Waals surface area contributed by atoms with Gasteiger partial charge in [0.15, 0.2) is 0 Å². The van der Waals surface area contributed by atoms with Crippen molar-refractivity contribution in [1.82, 2.24) is 0 Å². The summed E-state index contributed by atoms with van der Waals surface area (Å²) < 4.78 is 18.1. The molecule has 0 saturated carbocycles. The second-order valence-corrected chi connectivity index (χ2v) is 15.9. The monoisotopic (exact) mass is 817 g/mol. The lowest BCUT2D eigenvalue weighted by Gasteiger charge is -2.26. The fourth-order valence-corrected chi connectivity index (χ4v) is 7.87. The number of unbranched alkanes of at least 4 members (excludes halogenated alkanes) is 6. The van der Waals surface area contributed by atoms with Gasteiger partial charge in [-0.2, -0.15) is 0 Å². The average Bonchev–Trinajstić information content (AvgIpc) is 3.76. The molecule has 0 fully saturated rings. The second-order valence-electron chi connectivity index (χ2n) is 15.9. The van der Waals surface area contributed by atoms with E-state index in [2.05, 4.69) is 164 Å². The number of ether oxygens (including phenoxy) is 2. The van der Waals surface area contributed by atoms with Gasteiger partial charge < -0.3 is 18.8 Å². The third-order valence-corrected chi connectivity index (χ3v) is 11.5. The topological polar surface area (TPSA) is 51.9 Å². The van der Waals surface area contributed by atoms with Crippen molar-refractivity contribution in [2.75, 3.05) is 18.1 Å². The van der Waals surface area contributed by atoms with E-state index in [1.807, 2.05) is 18.2 Å². The summed E-state index contributed by atoms with van der Waals surface area (Å²) in [5.41, 5.74) is 12.3. The van der Waals surface area contributed by atoms with Crippen molar-refractivity contribution in [2.24, 2.45) is 0 Å². The quantitative estimate of drug-likeness (QED) is 0.0566. The Hall–Kier alpha value is -6.85. The highest BCUT2D eigenvalue weighted by Gasteiger charge is 2.15. The molecular formula is C57H55NO4. The molecule has 5 heteroatoms. The van der Waals surface area contributed by atoms with E-state index in [1.165, 1.54) is 38.5 Å². The Bertz CT molecular complexity index is 2520. The molecule has 0 N–H and O–H groups in total. The van der Waals surface area contributed by atoms with E-state index < -0.39 is 0 Å². The molecule has 62 heavy (non-hydrogen) atoms. The highest BCUT2D eigenvalue weighted by molar-refractivity contribution is 5.89. The van der Waals surface area contributed by atoms with Crippen LogP contribution in [0.3, 0.4) is 0 Å². The van der Waals surface area contributed by atoms with Crippen LogP contribution >= 0.6 is 0 Å². The zero-order valence-corrected chi connectivity index (χ0v) is 35.9. The van der Waals surface area contributed by atoms with Crippen LogP contribution in [-0.4, -0.2) is 19.5 Å². The van der Waals surface area contributed by atoms with Crippen LogP contribution in [0.4, 0.5) is 17.1 Å². The molecule has 8 aromatic rings. The third-order valence-electron chi connectivity index (χ3n) is 11.5. The highest BCUT2D eigenvalue weighted by atomic mass is 16.5. The zero-order chi connectivity index (χ0) is 42.5. The molecule has 0 amide bonds. The minimum Gasteiger partial charge on any atom is -0.494 e. The van der Waals surface area contributed by atoms with Gasteiger partial charge in [0, 0.05) is 33.6 Å². The summed E-state index contributed by atoms with van der Waals surface area (Å²) in [7, 11) is 0. The molecule has 312 valence electrons. The average molecular weight is 818 g/mol. The predicted molar refractivity (Wildman–Crippen MR) is 257 cm³/mol. The molecule has 0 aliphatic carbocycles. The van der Waals surface area contributed by atoms with Gasteiger partial charge in [0.05, 0.1) is 13.2 Å². The van der Waals surface area contributed by atoms with Gasteiger partial charge in [-0.1, -0.05) is 149 Å². The number of anilines is 3. The number of hydrogen-bond acceptors (Lipinski definition) is 5.